The van der Waals surface area contributed by atoms with E-state index >= 15 is 0 Å². The largest absolute Gasteiger partial charge is 0.399 e. The van der Waals surface area contributed by atoms with Crippen LogP contribution < -0.4 is 5.73 Å². The van der Waals surface area contributed by atoms with Crippen molar-refractivity contribution in [2.45, 2.75) is 19.5 Å². The van der Waals surface area contributed by atoms with E-state index in [9.17, 15) is 0 Å². The maximum absolute atomic E-state index is 5.87. The molecule has 4 nitrogen and oxygen atoms in total. The van der Waals surface area contributed by atoms with Gasteiger partial charge in [-0.3, -0.25) is 4.90 Å². The predicted molar refractivity (Wildman–Crippen MR) is 90.1 cm³/mol. The van der Waals surface area contributed by atoms with Gasteiger partial charge in [-0.15, -0.1) is 11.3 Å². The summed E-state index contributed by atoms with van der Waals surface area (Å²) in [6.45, 7) is 3.10. The highest BCUT2D eigenvalue weighted by molar-refractivity contribution is 7.10. The van der Waals surface area contributed by atoms with Crippen LogP contribution in [0.2, 0.25) is 0 Å². The van der Waals surface area contributed by atoms with Gasteiger partial charge in [0.15, 0.2) is 0 Å². The number of rotatable bonds is 3. The van der Waals surface area contributed by atoms with Gasteiger partial charge in [-0.25, -0.2) is 4.98 Å². The lowest BCUT2D eigenvalue weighted by Gasteiger charge is -2.28. The summed E-state index contributed by atoms with van der Waals surface area (Å²) in [5, 5.41) is 2.19. The molecule has 22 heavy (non-hydrogen) atoms. The van der Waals surface area contributed by atoms with Crippen molar-refractivity contribution in [3.63, 3.8) is 0 Å². The van der Waals surface area contributed by atoms with E-state index in [1.54, 1.807) is 0 Å². The van der Waals surface area contributed by atoms with E-state index in [-0.39, 0.29) is 0 Å². The van der Waals surface area contributed by atoms with Crippen LogP contribution in [-0.2, 0) is 19.5 Å². The first kappa shape index (κ1) is 13.5. The fourth-order valence-corrected chi connectivity index (χ4v) is 3.89. The van der Waals surface area contributed by atoms with Crippen LogP contribution in [0.15, 0.2) is 48.4 Å². The van der Waals surface area contributed by atoms with Crippen LogP contribution in [-0.4, -0.2) is 21.0 Å². The van der Waals surface area contributed by atoms with Crippen LogP contribution in [0.3, 0.4) is 0 Å². The maximum atomic E-state index is 5.87. The Labute approximate surface area is 133 Å². The lowest BCUT2D eigenvalue weighted by molar-refractivity contribution is 0.248. The molecule has 2 N–H and O–H groups in total. The molecule has 0 fully saturated rings. The molecule has 0 spiro atoms. The number of nitrogen functional groups attached to an aromatic ring is 1. The van der Waals surface area contributed by atoms with Crippen LogP contribution >= 0.6 is 11.3 Å². The summed E-state index contributed by atoms with van der Waals surface area (Å²) in [6.07, 6.45) is 6.71. The first-order valence-electron chi connectivity index (χ1n) is 7.43. The number of hydrogen-bond donors (Lipinski definition) is 1. The zero-order valence-electron chi connectivity index (χ0n) is 12.3. The third-order valence-electron chi connectivity index (χ3n) is 4.14. The van der Waals surface area contributed by atoms with Gasteiger partial charge in [0.25, 0.3) is 0 Å². The first-order chi connectivity index (χ1) is 10.8. The number of aromatic nitrogens is 2. The summed E-state index contributed by atoms with van der Waals surface area (Å²) < 4.78 is 2.05. The molecular weight excluding hydrogens is 292 g/mol. The van der Waals surface area contributed by atoms with Gasteiger partial charge in [0.05, 0.1) is 12.0 Å². The van der Waals surface area contributed by atoms with Crippen molar-refractivity contribution in [3.8, 4) is 5.69 Å². The normalized spacial score (nSPS) is 14.9. The highest BCUT2D eigenvalue weighted by Gasteiger charge is 2.17. The zero-order valence-corrected chi connectivity index (χ0v) is 13.1. The fourth-order valence-electron chi connectivity index (χ4n) is 2.99. The molecule has 4 rings (SSSR count). The number of benzene rings is 1. The fraction of sp³-hybridized carbons (Fsp3) is 0.235. The molecule has 1 aliphatic heterocycles. The van der Waals surface area contributed by atoms with Gasteiger partial charge < -0.3 is 10.3 Å². The van der Waals surface area contributed by atoms with Crippen molar-refractivity contribution in [2.24, 2.45) is 0 Å². The molecule has 0 aliphatic carbocycles. The summed E-state index contributed by atoms with van der Waals surface area (Å²) in [5.41, 5.74) is 10.8. The number of nitrogens with zero attached hydrogens (tertiary/aromatic N) is 3. The third kappa shape index (κ3) is 2.65. The van der Waals surface area contributed by atoms with E-state index in [1.807, 2.05) is 40.7 Å². The number of fused-ring (bicyclic) bond motifs is 1. The van der Waals surface area contributed by atoms with E-state index in [1.165, 1.54) is 21.7 Å². The Morgan fingerprint density at radius 3 is 3.05 bits per heavy atom. The van der Waals surface area contributed by atoms with Crippen LogP contribution in [0.5, 0.6) is 0 Å². The molecule has 0 radical (unpaired) electrons. The van der Waals surface area contributed by atoms with Crippen LogP contribution in [0.4, 0.5) is 5.69 Å². The SMILES string of the molecule is Nc1ccc2c(c1)CCN(Cc1cc(-n3ccnc3)cs1)C2. The lowest BCUT2D eigenvalue weighted by Crippen LogP contribution is -2.29. The standard InChI is InChI=1S/C17H18N4S/c18-15-2-1-14-9-20(5-3-13(14)7-15)10-17-8-16(11-22-17)21-6-4-19-12-21/h1-2,4,6-8,11-12H,3,5,9-10,18H2. The molecule has 0 bridgehead atoms. The highest BCUT2D eigenvalue weighted by atomic mass is 32.1. The third-order valence-corrected chi connectivity index (χ3v) is 5.05. The van der Waals surface area contributed by atoms with Crippen LogP contribution in [0.1, 0.15) is 16.0 Å². The van der Waals surface area contributed by atoms with Crippen molar-refractivity contribution in [3.05, 3.63) is 64.4 Å². The molecule has 3 aromatic rings. The van der Waals surface area contributed by atoms with Gasteiger partial charge in [0.1, 0.15) is 0 Å². The van der Waals surface area contributed by atoms with Gasteiger partial charge in [-0.05, 0) is 35.7 Å². The average Bonchev–Trinajstić information content (AvgIpc) is 3.18. The number of imidazole rings is 1. The van der Waals surface area contributed by atoms with Gasteiger partial charge in [-0.1, -0.05) is 6.07 Å². The zero-order chi connectivity index (χ0) is 14.9. The van der Waals surface area contributed by atoms with Crippen molar-refractivity contribution < 1.29 is 0 Å². The summed E-state index contributed by atoms with van der Waals surface area (Å²) in [6, 6.07) is 8.55. The van der Waals surface area contributed by atoms with Crippen molar-refractivity contribution in [2.75, 3.05) is 12.3 Å². The van der Waals surface area contributed by atoms with Gasteiger partial charge >= 0.3 is 0 Å². The second-order valence-corrected chi connectivity index (χ2v) is 6.73. The summed E-state index contributed by atoms with van der Waals surface area (Å²) in [5.74, 6) is 0. The predicted octanol–water partition coefficient (Wildman–Crippen LogP) is 3.07. The van der Waals surface area contributed by atoms with E-state index in [4.69, 9.17) is 5.73 Å². The molecule has 5 heteroatoms. The molecule has 0 saturated carbocycles. The summed E-state index contributed by atoms with van der Waals surface area (Å²) in [7, 11) is 0. The quantitative estimate of drug-likeness (QED) is 0.756. The summed E-state index contributed by atoms with van der Waals surface area (Å²) >= 11 is 1.81. The molecule has 112 valence electrons. The molecule has 2 aromatic heterocycles. The summed E-state index contributed by atoms with van der Waals surface area (Å²) in [4.78, 5) is 8.00. The molecular formula is C17H18N4S. The first-order valence-corrected chi connectivity index (χ1v) is 8.31. The van der Waals surface area contributed by atoms with Crippen molar-refractivity contribution in [1.29, 1.82) is 0 Å². The van der Waals surface area contributed by atoms with E-state index in [0.717, 1.165) is 31.7 Å². The Morgan fingerprint density at radius 2 is 2.18 bits per heavy atom. The Hall–Kier alpha value is -2.11. The van der Waals surface area contributed by atoms with Gasteiger partial charge in [-0.2, -0.15) is 0 Å². The van der Waals surface area contributed by atoms with Gasteiger partial charge in [0, 0.05) is 48.0 Å². The Morgan fingerprint density at radius 1 is 1.23 bits per heavy atom. The van der Waals surface area contributed by atoms with E-state index in [0.29, 0.717) is 0 Å². The van der Waals surface area contributed by atoms with Crippen molar-refractivity contribution in [1.82, 2.24) is 14.5 Å². The topological polar surface area (TPSA) is 47.1 Å². The molecule has 0 unspecified atom stereocenters. The van der Waals surface area contributed by atoms with Crippen molar-refractivity contribution >= 4 is 17.0 Å². The van der Waals surface area contributed by atoms with E-state index in [2.05, 4.69) is 33.5 Å². The average molecular weight is 310 g/mol. The molecule has 0 saturated heterocycles. The minimum Gasteiger partial charge on any atom is -0.399 e. The number of thiophene rings is 1. The number of nitrogens with two attached hydrogens (primary N) is 1. The van der Waals surface area contributed by atoms with Crippen LogP contribution in [0, 0.1) is 0 Å². The molecule has 0 amide bonds. The molecule has 1 aromatic carbocycles. The molecule has 1 aliphatic rings. The maximum Gasteiger partial charge on any atom is 0.0991 e. The minimum absolute atomic E-state index is 0.871. The molecule has 0 atom stereocenters. The Balaban J connectivity index is 1.47. The van der Waals surface area contributed by atoms with E-state index < -0.39 is 0 Å². The second kappa shape index (κ2) is 5.59. The van der Waals surface area contributed by atoms with Gasteiger partial charge in [0.2, 0.25) is 0 Å². The Kier molecular flexibility index (Phi) is 3.44. The van der Waals surface area contributed by atoms with Crippen LogP contribution in [0.25, 0.3) is 5.69 Å². The Bertz CT molecular complexity index is 776. The number of anilines is 1. The number of hydrogen-bond acceptors (Lipinski definition) is 4. The lowest BCUT2D eigenvalue weighted by atomic mass is 9.99. The molecule has 3 heterocycles. The highest BCUT2D eigenvalue weighted by Crippen LogP contribution is 2.25. The second-order valence-electron chi connectivity index (χ2n) is 5.73. The monoisotopic (exact) mass is 310 g/mol. The minimum atomic E-state index is 0.871. The smallest absolute Gasteiger partial charge is 0.0991 e.